The first-order chi connectivity index (χ1) is 11.0. The molecule has 0 fully saturated rings. The zero-order valence-electron chi connectivity index (χ0n) is 14.3. The number of nitrogens with one attached hydrogen (secondary N) is 2. The number of aromatic nitrogens is 1. The molecule has 122 valence electrons. The summed E-state index contributed by atoms with van der Waals surface area (Å²) in [4.78, 5) is 16.7. The van der Waals surface area contributed by atoms with E-state index in [1.807, 2.05) is 30.3 Å². The van der Waals surface area contributed by atoms with Gasteiger partial charge in [0.2, 0.25) is 0 Å². The molecule has 0 radical (unpaired) electrons. The highest BCUT2D eigenvalue weighted by Crippen LogP contribution is 2.24. The second-order valence-electron chi connectivity index (χ2n) is 6.08. The minimum Gasteiger partial charge on any atom is -0.382 e. The number of hydrogen-bond donors (Lipinski definition) is 2. The fourth-order valence-electron chi connectivity index (χ4n) is 2.33. The molecule has 1 aromatic carbocycles. The first-order valence-electron chi connectivity index (χ1n) is 8.14. The third-order valence-corrected chi connectivity index (χ3v) is 3.85. The predicted molar refractivity (Wildman–Crippen MR) is 96.1 cm³/mol. The molecule has 2 N–H and O–H groups in total. The summed E-state index contributed by atoms with van der Waals surface area (Å²) in [5.41, 5.74) is 3.29. The van der Waals surface area contributed by atoms with Gasteiger partial charge in [0.05, 0.1) is 0 Å². The van der Waals surface area contributed by atoms with Crippen LogP contribution < -0.4 is 10.6 Å². The molecular formula is C19H25N3O. The van der Waals surface area contributed by atoms with E-state index in [4.69, 9.17) is 0 Å². The molecule has 2 rings (SSSR count). The van der Waals surface area contributed by atoms with Crippen molar-refractivity contribution in [3.05, 3.63) is 53.9 Å². The Morgan fingerprint density at radius 1 is 1.17 bits per heavy atom. The summed E-state index contributed by atoms with van der Waals surface area (Å²) in [5, 5.41) is 6.33. The van der Waals surface area contributed by atoms with Crippen molar-refractivity contribution in [2.45, 2.75) is 46.1 Å². The van der Waals surface area contributed by atoms with Gasteiger partial charge >= 0.3 is 0 Å². The second-order valence-corrected chi connectivity index (χ2v) is 6.08. The molecule has 4 nitrogen and oxygen atoms in total. The van der Waals surface area contributed by atoms with Gasteiger partial charge in [-0.25, -0.2) is 0 Å². The lowest BCUT2D eigenvalue weighted by Gasteiger charge is -2.15. The Labute approximate surface area is 138 Å². The van der Waals surface area contributed by atoms with E-state index in [1.165, 1.54) is 0 Å². The molecule has 1 heterocycles. The van der Waals surface area contributed by atoms with Crippen LogP contribution in [0.15, 0.2) is 42.6 Å². The number of pyridine rings is 1. The molecule has 0 aliphatic carbocycles. The van der Waals surface area contributed by atoms with Crippen molar-refractivity contribution in [2.75, 3.05) is 10.6 Å². The molecule has 0 saturated carbocycles. The largest absolute Gasteiger partial charge is 0.382 e. The maximum atomic E-state index is 12.5. The number of carbonyl (C=O) groups excluding carboxylic acids is 1. The van der Waals surface area contributed by atoms with E-state index < -0.39 is 0 Å². The lowest BCUT2D eigenvalue weighted by Crippen LogP contribution is -2.17. The van der Waals surface area contributed by atoms with E-state index in [1.54, 1.807) is 12.3 Å². The van der Waals surface area contributed by atoms with Gasteiger partial charge in [-0.15, -0.1) is 0 Å². The zero-order chi connectivity index (χ0) is 16.8. The second kappa shape index (κ2) is 7.77. The molecule has 23 heavy (non-hydrogen) atoms. The molecule has 2 aromatic rings. The molecule has 1 aromatic heterocycles. The number of benzene rings is 1. The molecule has 0 aliphatic heterocycles. The Bertz CT molecular complexity index is 667. The summed E-state index contributed by atoms with van der Waals surface area (Å²) in [5.74, 6) is 0.156. The van der Waals surface area contributed by atoms with E-state index >= 15 is 0 Å². The first kappa shape index (κ1) is 17.0. The minimum absolute atomic E-state index is 0.189. The van der Waals surface area contributed by atoms with E-state index in [0.717, 1.165) is 23.4 Å². The third kappa shape index (κ3) is 4.55. The average Bonchev–Trinajstić information content (AvgIpc) is 2.55. The van der Waals surface area contributed by atoms with Gasteiger partial charge in [-0.05, 0) is 43.0 Å². The van der Waals surface area contributed by atoms with E-state index in [2.05, 4.69) is 43.3 Å². The Morgan fingerprint density at radius 3 is 2.61 bits per heavy atom. The highest BCUT2D eigenvalue weighted by molar-refractivity contribution is 6.03. The fourth-order valence-corrected chi connectivity index (χ4v) is 2.33. The fraction of sp³-hybridized carbons (Fsp3) is 0.368. The number of amides is 1. The van der Waals surface area contributed by atoms with Crippen LogP contribution in [0.1, 0.15) is 56.1 Å². The molecule has 0 saturated heterocycles. The van der Waals surface area contributed by atoms with Crippen molar-refractivity contribution in [1.29, 1.82) is 0 Å². The molecule has 1 amide bonds. The van der Waals surface area contributed by atoms with E-state index in [-0.39, 0.29) is 5.91 Å². The SMILES string of the molecule is CCC(C)Nc1ccnc(C(=O)Nc2ccccc2C(C)C)c1. The first-order valence-corrected chi connectivity index (χ1v) is 8.14. The quantitative estimate of drug-likeness (QED) is 0.815. The van der Waals surface area contributed by atoms with Gasteiger partial charge in [0, 0.05) is 23.6 Å². The monoisotopic (exact) mass is 311 g/mol. The van der Waals surface area contributed by atoms with E-state index in [9.17, 15) is 4.79 Å². The van der Waals surface area contributed by atoms with Crippen LogP contribution in [0.25, 0.3) is 0 Å². The summed E-state index contributed by atoms with van der Waals surface area (Å²) in [6.07, 6.45) is 2.68. The molecule has 0 aliphatic rings. The smallest absolute Gasteiger partial charge is 0.274 e. The van der Waals surface area contributed by atoms with Crippen LogP contribution in [-0.2, 0) is 0 Å². The van der Waals surface area contributed by atoms with Crippen molar-refractivity contribution in [3.63, 3.8) is 0 Å². The molecule has 4 heteroatoms. The van der Waals surface area contributed by atoms with Gasteiger partial charge in [0.15, 0.2) is 0 Å². The number of rotatable bonds is 6. The number of para-hydroxylation sites is 1. The van der Waals surface area contributed by atoms with E-state index in [0.29, 0.717) is 17.7 Å². The Morgan fingerprint density at radius 2 is 1.91 bits per heavy atom. The Hall–Kier alpha value is -2.36. The highest BCUT2D eigenvalue weighted by Gasteiger charge is 2.12. The maximum Gasteiger partial charge on any atom is 0.274 e. The average molecular weight is 311 g/mol. The van der Waals surface area contributed by atoms with Gasteiger partial charge in [-0.1, -0.05) is 39.0 Å². The number of carbonyl (C=O) groups is 1. The number of hydrogen-bond acceptors (Lipinski definition) is 3. The van der Waals surface area contributed by atoms with Crippen LogP contribution in [0.4, 0.5) is 11.4 Å². The van der Waals surface area contributed by atoms with Crippen LogP contribution in [0.2, 0.25) is 0 Å². The van der Waals surface area contributed by atoms with Crippen LogP contribution in [0.3, 0.4) is 0 Å². The highest BCUT2D eigenvalue weighted by atomic mass is 16.1. The van der Waals surface area contributed by atoms with Gasteiger partial charge in [0.1, 0.15) is 5.69 Å². The Balaban J connectivity index is 2.17. The molecule has 0 spiro atoms. The number of anilines is 2. The maximum absolute atomic E-state index is 12.5. The van der Waals surface area contributed by atoms with Crippen LogP contribution in [-0.4, -0.2) is 16.9 Å². The number of nitrogens with zero attached hydrogens (tertiary/aromatic N) is 1. The minimum atomic E-state index is -0.189. The van der Waals surface area contributed by atoms with Crippen molar-refractivity contribution >= 4 is 17.3 Å². The lowest BCUT2D eigenvalue weighted by molar-refractivity contribution is 0.102. The van der Waals surface area contributed by atoms with Gasteiger partial charge in [-0.2, -0.15) is 0 Å². The van der Waals surface area contributed by atoms with Crippen molar-refractivity contribution in [2.24, 2.45) is 0 Å². The topological polar surface area (TPSA) is 54.0 Å². The summed E-state index contributed by atoms with van der Waals surface area (Å²) in [7, 11) is 0. The Kier molecular flexibility index (Phi) is 5.74. The van der Waals surface area contributed by atoms with Crippen molar-refractivity contribution in [3.8, 4) is 0 Å². The summed E-state index contributed by atoms with van der Waals surface area (Å²) < 4.78 is 0. The van der Waals surface area contributed by atoms with Gasteiger partial charge < -0.3 is 10.6 Å². The van der Waals surface area contributed by atoms with Gasteiger partial charge in [-0.3, -0.25) is 9.78 Å². The molecular weight excluding hydrogens is 286 g/mol. The zero-order valence-corrected chi connectivity index (χ0v) is 14.3. The summed E-state index contributed by atoms with van der Waals surface area (Å²) in [6.45, 7) is 8.45. The van der Waals surface area contributed by atoms with Crippen molar-refractivity contribution < 1.29 is 4.79 Å². The summed E-state index contributed by atoms with van der Waals surface area (Å²) in [6, 6.07) is 11.9. The molecule has 1 atom stereocenters. The predicted octanol–water partition coefficient (Wildman–Crippen LogP) is 4.67. The standard InChI is InChI=1S/C19H25N3O/c1-5-14(4)21-15-10-11-20-18(12-15)19(23)22-17-9-7-6-8-16(17)13(2)3/h6-14H,5H2,1-4H3,(H,20,21)(H,22,23). The van der Waals surface area contributed by atoms with Crippen LogP contribution in [0.5, 0.6) is 0 Å². The van der Waals surface area contributed by atoms with Gasteiger partial charge in [0.25, 0.3) is 5.91 Å². The lowest BCUT2D eigenvalue weighted by atomic mass is 10.0. The van der Waals surface area contributed by atoms with Crippen molar-refractivity contribution in [1.82, 2.24) is 4.98 Å². The summed E-state index contributed by atoms with van der Waals surface area (Å²) >= 11 is 0. The van der Waals surface area contributed by atoms with Crippen LogP contribution >= 0.6 is 0 Å². The molecule has 1 unspecified atom stereocenters. The van der Waals surface area contributed by atoms with Crippen LogP contribution in [0, 0.1) is 0 Å². The third-order valence-electron chi connectivity index (χ3n) is 3.85. The normalized spacial score (nSPS) is 12.0. The molecule has 0 bridgehead atoms.